The molecule has 7 heteroatoms. The second-order valence-electron chi connectivity index (χ2n) is 6.54. The molecule has 0 spiro atoms. The third-order valence-electron chi connectivity index (χ3n) is 4.52. The fraction of sp³-hybridized carbons (Fsp3) is 0.0435. The number of halogens is 2. The summed E-state index contributed by atoms with van der Waals surface area (Å²) in [5, 5.41) is 1.59. The molecule has 0 aliphatic carbocycles. The minimum Gasteiger partial charge on any atom is -0.488 e. The lowest BCUT2D eigenvalue weighted by atomic mass is 10.1. The van der Waals surface area contributed by atoms with Gasteiger partial charge in [0, 0.05) is 16.1 Å². The van der Waals surface area contributed by atoms with E-state index in [-0.39, 0.29) is 18.0 Å². The number of hydrazine groups is 1. The van der Waals surface area contributed by atoms with Gasteiger partial charge in [0.15, 0.2) is 0 Å². The highest BCUT2D eigenvalue weighted by Gasteiger charge is 2.34. The molecule has 0 saturated carbocycles. The number of rotatable bonds is 5. The lowest BCUT2D eigenvalue weighted by molar-refractivity contribution is -0.117. The quantitative estimate of drug-likeness (QED) is 0.486. The lowest BCUT2D eigenvalue weighted by Gasteiger charge is -2.14. The standard InChI is InChI=1S/C23H16ClFN2O3/c24-17-10-11-21(30-14-15-6-4-5-9-20(15)25)16(12-17)13-19-22(28)26-27(23(19)29)18-7-2-1-3-8-18/h1-13H,14H2,(H,26,28). The highest BCUT2D eigenvalue weighted by Crippen LogP contribution is 2.28. The summed E-state index contributed by atoms with van der Waals surface area (Å²) < 4.78 is 19.6. The molecule has 5 nitrogen and oxygen atoms in total. The number of ether oxygens (including phenoxy) is 1. The maximum atomic E-state index is 13.9. The number of para-hydroxylation sites is 1. The molecule has 3 aromatic carbocycles. The number of nitrogens with zero attached hydrogens (tertiary/aromatic N) is 1. The first-order valence-corrected chi connectivity index (χ1v) is 9.48. The summed E-state index contributed by atoms with van der Waals surface area (Å²) in [7, 11) is 0. The van der Waals surface area contributed by atoms with Gasteiger partial charge in [-0.1, -0.05) is 48.0 Å². The van der Waals surface area contributed by atoms with E-state index in [2.05, 4.69) is 5.43 Å². The van der Waals surface area contributed by atoms with E-state index in [1.807, 2.05) is 6.07 Å². The van der Waals surface area contributed by atoms with Crippen molar-refractivity contribution in [2.24, 2.45) is 0 Å². The van der Waals surface area contributed by atoms with Crippen molar-refractivity contribution >= 4 is 35.2 Å². The average Bonchev–Trinajstić information content (AvgIpc) is 3.03. The van der Waals surface area contributed by atoms with Crippen LogP contribution in [0.1, 0.15) is 11.1 Å². The minimum atomic E-state index is -0.538. The summed E-state index contributed by atoms with van der Waals surface area (Å²) in [6.07, 6.45) is 1.42. The van der Waals surface area contributed by atoms with Crippen molar-refractivity contribution in [2.45, 2.75) is 6.61 Å². The summed E-state index contributed by atoms with van der Waals surface area (Å²) in [6, 6.07) is 19.9. The third kappa shape index (κ3) is 4.04. The molecule has 1 N–H and O–H groups in total. The van der Waals surface area contributed by atoms with Crippen molar-refractivity contribution in [3.05, 3.63) is 100 Å². The number of anilines is 1. The van der Waals surface area contributed by atoms with Crippen molar-refractivity contribution < 1.29 is 18.7 Å². The number of nitrogens with one attached hydrogen (secondary N) is 1. The topological polar surface area (TPSA) is 58.6 Å². The van der Waals surface area contributed by atoms with E-state index in [9.17, 15) is 14.0 Å². The van der Waals surface area contributed by atoms with Crippen LogP contribution in [0.3, 0.4) is 0 Å². The molecule has 1 aliphatic heterocycles. The van der Waals surface area contributed by atoms with Crippen LogP contribution in [0.2, 0.25) is 5.02 Å². The minimum absolute atomic E-state index is 0.0131. The van der Waals surface area contributed by atoms with E-state index in [0.29, 0.717) is 27.6 Å². The van der Waals surface area contributed by atoms with Crippen molar-refractivity contribution in [1.82, 2.24) is 5.43 Å². The smallest absolute Gasteiger partial charge is 0.282 e. The van der Waals surface area contributed by atoms with Gasteiger partial charge in [0.1, 0.15) is 23.7 Å². The molecule has 1 heterocycles. The Morgan fingerprint density at radius 1 is 1.00 bits per heavy atom. The van der Waals surface area contributed by atoms with Gasteiger partial charge in [0.2, 0.25) is 0 Å². The van der Waals surface area contributed by atoms with Gasteiger partial charge in [-0.05, 0) is 42.5 Å². The van der Waals surface area contributed by atoms with Crippen LogP contribution in [-0.2, 0) is 16.2 Å². The molecule has 3 aromatic rings. The van der Waals surface area contributed by atoms with E-state index in [1.54, 1.807) is 60.7 Å². The molecular weight excluding hydrogens is 407 g/mol. The first kappa shape index (κ1) is 19.7. The molecule has 2 amide bonds. The number of carbonyl (C=O) groups excluding carboxylic acids is 2. The molecule has 0 aromatic heterocycles. The van der Waals surface area contributed by atoms with Crippen LogP contribution in [0.4, 0.5) is 10.1 Å². The molecule has 0 radical (unpaired) electrons. The zero-order valence-electron chi connectivity index (χ0n) is 15.6. The Hall–Kier alpha value is -3.64. The fourth-order valence-corrected chi connectivity index (χ4v) is 3.19. The predicted molar refractivity (Wildman–Crippen MR) is 112 cm³/mol. The Bertz CT molecular complexity index is 1150. The van der Waals surface area contributed by atoms with Crippen molar-refractivity contribution in [3.8, 4) is 5.75 Å². The van der Waals surface area contributed by atoms with Crippen LogP contribution in [0.5, 0.6) is 5.75 Å². The first-order chi connectivity index (χ1) is 14.5. The summed E-state index contributed by atoms with van der Waals surface area (Å²) in [5.74, 6) is -1.04. The van der Waals surface area contributed by atoms with Gasteiger partial charge in [-0.25, -0.2) is 9.40 Å². The van der Waals surface area contributed by atoms with E-state index in [4.69, 9.17) is 16.3 Å². The second-order valence-corrected chi connectivity index (χ2v) is 6.97. The van der Waals surface area contributed by atoms with Crippen LogP contribution in [0.15, 0.2) is 78.4 Å². The van der Waals surface area contributed by atoms with Crippen molar-refractivity contribution in [3.63, 3.8) is 0 Å². The van der Waals surface area contributed by atoms with Gasteiger partial charge in [-0.3, -0.25) is 15.0 Å². The van der Waals surface area contributed by atoms with E-state index in [0.717, 1.165) is 0 Å². The molecule has 0 bridgehead atoms. The van der Waals surface area contributed by atoms with Gasteiger partial charge in [0.05, 0.1) is 5.69 Å². The molecule has 30 heavy (non-hydrogen) atoms. The van der Waals surface area contributed by atoms with Crippen LogP contribution < -0.4 is 15.2 Å². The molecule has 1 saturated heterocycles. The van der Waals surface area contributed by atoms with Crippen LogP contribution in [0, 0.1) is 5.82 Å². The van der Waals surface area contributed by atoms with Gasteiger partial charge in [0.25, 0.3) is 11.8 Å². The normalized spacial score (nSPS) is 14.9. The van der Waals surface area contributed by atoms with E-state index >= 15 is 0 Å². The Balaban J connectivity index is 1.63. The van der Waals surface area contributed by atoms with E-state index in [1.165, 1.54) is 17.2 Å². The number of hydrogen-bond acceptors (Lipinski definition) is 3. The SMILES string of the molecule is O=C1NN(c2ccccc2)C(=O)C1=Cc1cc(Cl)ccc1OCc1ccccc1F. The Labute approximate surface area is 177 Å². The van der Waals surface area contributed by atoms with Crippen LogP contribution >= 0.6 is 11.6 Å². The number of hydrogen-bond donors (Lipinski definition) is 1. The lowest BCUT2D eigenvalue weighted by Crippen LogP contribution is -2.35. The van der Waals surface area contributed by atoms with E-state index < -0.39 is 11.8 Å². The average molecular weight is 423 g/mol. The summed E-state index contributed by atoms with van der Waals surface area (Å²) >= 11 is 6.10. The number of benzene rings is 3. The van der Waals surface area contributed by atoms with Crippen LogP contribution in [-0.4, -0.2) is 11.8 Å². The van der Waals surface area contributed by atoms with Gasteiger partial charge < -0.3 is 4.74 Å². The third-order valence-corrected chi connectivity index (χ3v) is 4.75. The largest absolute Gasteiger partial charge is 0.488 e. The Kier molecular flexibility index (Phi) is 5.50. The molecular formula is C23H16ClFN2O3. The zero-order valence-corrected chi connectivity index (χ0v) is 16.4. The molecule has 0 atom stereocenters. The number of amides is 2. The molecule has 1 aliphatic rings. The molecule has 0 unspecified atom stereocenters. The summed E-state index contributed by atoms with van der Waals surface area (Å²) in [6.45, 7) is -0.0131. The van der Waals surface area contributed by atoms with Gasteiger partial charge in [-0.15, -0.1) is 0 Å². The molecule has 1 fully saturated rings. The summed E-state index contributed by atoms with van der Waals surface area (Å²) in [4.78, 5) is 25.2. The van der Waals surface area contributed by atoms with Gasteiger partial charge in [-0.2, -0.15) is 0 Å². The monoisotopic (exact) mass is 422 g/mol. The summed E-state index contributed by atoms with van der Waals surface area (Å²) in [5.41, 5.74) is 3.85. The maximum Gasteiger partial charge on any atom is 0.282 e. The maximum absolute atomic E-state index is 13.9. The zero-order chi connectivity index (χ0) is 21.1. The second kappa shape index (κ2) is 8.39. The molecule has 150 valence electrons. The highest BCUT2D eigenvalue weighted by atomic mass is 35.5. The first-order valence-electron chi connectivity index (χ1n) is 9.11. The molecule has 4 rings (SSSR count). The predicted octanol–water partition coefficient (Wildman–Crippen LogP) is 4.52. The van der Waals surface area contributed by atoms with Crippen molar-refractivity contribution in [2.75, 3.05) is 5.01 Å². The number of carbonyl (C=O) groups is 2. The van der Waals surface area contributed by atoms with Gasteiger partial charge >= 0.3 is 0 Å². The van der Waals surface area contributed by atoms with Crippen LogP contribution in [0.25, 0.3) is 6.08 Å². The van der Waals surface area contributed by atoms with Crippen molar-refractivity contribution in [1.29, 1.82) is 0 Å². The highest BCUT2D eigenvalue weighted by molar-refractivity contribution is 6.32. The Morgan fingerprint density at radius 2 is 1.73 bits per heavy atom. The Morgan fingerprint density at radius 3 is 2.50 bits per heavy atom. The fourth-order valence-electron chi connectivity index (χ4n) is 3.01.